The molecule has 7 heteroatoms. The summed E-state index contributed by atoms with van der Waals surface area (Å²) in [6, 6.07) is 12.9. The number of hydrogen-bond acceptors (Lipinski definition) is 4. The first kappa shape index (κ1) is 20.0. The normalized spacial score (nSPS) is 14.6. The van der Waals surface area contributed by atoms with Crippen molar-refractivity contribution in [2.24, 2.45) is 0 Å². The molecule has 2 aromatic carbocycles. The Morgan fingerprint density at radius 3 is 2.64 bits per heavy atom. The van der Waals surface area contributed by atoms with Crippen molar-refractivity contribution in [2.45, 2.75) is 4.90 Å². The molecule has 1 aliphatic rings. The summed E-state index contributed by atoms with van der Waals surface area (Å²) in [5.74, 6) is 0.455. The predicted octanol–water partition coefficient (Wildman–Crippen LogP) is 1.65. The molecule has 0 atom stereocenters. The number of fused-ring (bicyclic) bond motifs is 1. The fraction of sp³-hybridized carbons (Fsp3) is 0.238. The fourth-order valence-electron chi connectivity index (χ4n) is 2.68. The molecule has 0 unspecified atom stereocenters. The van der Waals surface area contributed by atoms with Gasteiger partial charge in [-0.25, -0.2) is 0 Å². The SMILES string of the molecule is COc1ccc(C=C2Sc3ccc(C(=O)NCC[NH+](C)C)cc3NC2=O)cc1. The van der Waals surface area contributed by atoms with Crippen molar-refractivity contribution in [1.82, 2.24) is 5.32 Å². The van der Waals surface area contributed by atoms with Gasteiger partial charge in [0.05, 0.1) is 44.9 Å². The van der Waals surface area contributed by atoms with Gasteiger partial charge in [-0.2, -0.15) is 0 Å². The van der Waals surface area contributed by atoms with E-state index in [4.69, 9.17) is 4.74 Å². The molecule has 146 valence electrons. The van der Waals surface area contributed by atoms with Crippen LogP contribution >= 0.6 is 11.8 Å². The molecule has 6 nitrogen and oxygen atoms in total. The monoisotopic (exact) mass is 398 g/mol. The number of likely N-dealkylation sites (N-methyl/N-ethyl adjacent to an activating group) is 1. The largest absolute Gasteiger partial charge is 0.497 e. The molecule has 3 rings (SSSR count). The number of methoxy groups -OCH3 is 1. The smallest absolute Gasteiger partial charge is 0.262 e. The first-order valence-electron chi connectivity index (χ1n) is 9.02. The van der Waals surface area contributed by atoms with E-state index < -0.39 is 0 Å². The van der Waals surface area contributed by atoms with E-state index in [-0.39, 0.29) is 11.8 Å². The third kappa shape index (κ3) is 4.94. The maximum absolute atomic E-state index is 12.5. The second-order valence-corrected chi connectivity index (χ2v) is 7.85. The standard InChI is InChI=1S/C21H23N3O3S/c1-24(2)11-10-22-20(25)15-6-9-18-17(13-15)23-21(26)19(28-18)12-14-4-7-16(27-3)8-5-14/h4-9,12-13H,10-11H2,1-3H3,(H,22,25)(H,23,26)/p+1. The molecule has 1 aliphatic heterocycles. The number of anilines is 1. The van der Waals surface area contributed by atoms with E-state index >= 15 is 0 Å². The van der Waals surface area contributed by atoms with Gasteiger partial charge in [0.25, 0.3) is 11.8 Å². The number of amides is 2. The van der Waals surface area contributed by atoms with Crippen LogP contribution in [0.2, 0.25) is 0 Å². The van der Waals surface area contributed by atoms with E-state index in [1.807, 2.05) is 50.5 Å². The number of nitrogens with one attached hydrogen (secondary N) is 3. The molecule has 0 aromatic heterocycles. The van der Waals surface area contributed by atoms with Crippen molar-refractivity contribution in [3.8, 4) is 5.75 Å². The highest BCUT2D eigenvalue weighted by molar-refractivity contribution is 8.04. The van der Waals surface area contributed by atoms with E-state index in [0.717, 1.165) is 22.8 Å². The summed E-state index contributed by atoms with van der Waals surface area (Å²) in [5, 5.41) is 5.78. The maximum Gasteiger partial charge on any atom is 0.262 e. The summed E-state index contributed by atoms with van der Waals surface area (Å²) in [4.78, 5) is 27.6. The van der Waals surface area contributed by atoms with Gasteiger partial charge in [-0.3, -0.25) is 9.59 Å². The summed E-state index contributed by atoms with van der Waals surface area (Å²) in [6.07, 6.45) is 1.84. The number of quaternary nitrogens is 1. The third-order valence-corrected chi connectivity index (χ3v) is 5.36. The number of thioether (sulfide) groups is 1. The lowest BCUT2D eigenvalue weighted by molar-refractivity contribution is -0.856. The van der Waals surface area contributed by atoms with Crippen LogP contribution in [0.25, 0.3) is 6.08 Å². The molecule has 2 aromatic rings. The van der Waals surface area contributed by atoms with E-state index in [1.165, 1.54) is 16.7 Å². The minimum atomic E-state index is -0.179. The van der Waals surface area contributed by atoms with Crippen LogP contribution in [0.1, 0.15) is 15.9 Å². The van der Waals surface area contributed by atoms with Crippen LogP contribution in [-0.2, 0) is 4.79 Å². The molecule has 0 bridgehead atoms. The molecule has 1 heterocycles. The van der Waals surface area contributed by atoms with Crippen molar-refractivity contribution in [1.29, 1.82) is 0 Å². The Morgan fingerprint density at radius 2 is 1.96 bits per heavy atom. The summed E-state index contributed by atoms with van der Waals surface area (Å²) >= 11 is 1.39. The van der Waals surface area contributed by atoms with Gasteiger partial charge in [0.1, 0.15) is 5.75 Å². The van der Waals surface area contributed by atoms with E-state index in [0.29, 0.717) is 22.7 Å². The molecule has 2 amide bonds. The van der Waals surface area contributed by atoms with Crippen LogP contribution in [0.5, 0.6) is 5.75 Å². The first-order valence-corrected chi connectivity index (χ1v) is 9.84. The number of rotatable bonds is 6. The lowest BCUT2D eigenvalue weighted by atomic mass is 10.1. The zero-order chi connectivity index (χ0) is 20.1. The Morgan fingerprint density at radius 1 is 1.21 bits per heavy atom. The van der Waals surface area contributed by atoms with E-state index in [2.05, 4.69) is 10.6 Å². The molecule has 0 fully saturated rings. The van der Waals surface area contributed by atoms with Crippen LogP contribution in [0.15, 0.2) is 52.3 Å². The fourth-order valence-corrected chi connectivity index (χ4v) is 3.61. The molecule has 0 saturated heterocycles. The summed E-state index contributed by atoms with van der Waals surface area (Å²) in [5.41, 5.74) is 2.12. The molecule has 0 saturated carbocycles. The summed E-state index contributed by atoms with van der Waals surface area (Å²) in [7, 11) is 5.69. The van der Waals surface area contributed by atoms with E-state index in [9.17, 15) is 9.59 Å². The summed E-state index contributed by atoms with van der Waals surface area (Å²) < 4.78 is 5.15. The highest BCUT2D eigenvalue weighted by Crippen LogP contribution is 2.39. The van der Waals surface area contributed by atoms with Crippen LogP contribution in [0.4, 0.5) is 5.69 Å². The van der Waals surface area contributed by atoms with Gasteiger partial charge in [0.15, 0.2) is 0 Å². The average Bonchev–Trinajstić information content (AvgIpc) is 2.68. The second kappa shape index (κ2) is 8.95. The Kier molecular flexibility index (Phi) is 6.38. The Labute approximate surface area is 168 Å². The predicted molar refractivity (Wildman–Crippen MR) is 112 cm³/mol. The van der Waals surface area contributed by atoms with Crippen molar-refractivity contribution in [3.63, 3.8) is 0 Å². The average molecular weight is 399 g/mol. The van der Waals surface area contributed by atoms with Crippen molar-refractivity contribution >= 4 is 35.3 Å². The van der Waals surface area contributed by atoms with Crippen molar-refractivity contribution in [2.75, 3.05) is 39.6 Å². The van der Waals surface area contributed by atoms with Gasteiger partial charge in [0, 0.05) is 10.5 Å². The van der Waals surface area contributed by atoms with Crippen molar-refractivity contribution in [3.05, 3.63) is 58.5 Å². The Balaban J connectivity index is 1.73. The zero-order valence-corrected chi connectivity index (χ0v) is 17.0. The summed E-state index contributed by atoms with van der Waals surface area (Å²) in [6.45, 7) is 1.46. The Bertz CT molecular complexity index is 908. The molecule has 0 aliphatic carbocycles. The molecule has 0 spiro atoms. The van der Waals surface area contributed by atoms with Crippen LogP contribution in [0, 0.1) is 0 Å². The van der Waals surface area contributed by atoms with Gasteiger partial charge in [-0.15, -0.1) is 0 Å². The number of carbonyl (C=O) groups excluding carboxylic acids is 2. The number of hydrogen-bond donors (Lipinski definition) is 3. The molecule has 28 heavy (non-hydrogen) atoms. The number of ether oxygens (including phenoxy) is 1. The first-order chi connectivity index (χ1) is 13.5. The minimum Gasteiger partial charge on any atom is -0.497 e. The van der Waals surface area contributed by atoms with Gasteiger partial charge < -0.3 is 20.3 Å². The second-order valence-electron chi connectivity index (χ2n) is 6.76. The highest BCUT2D eigenvalue weighted by atomic mass is 32.2. The lowest BCUT2D eigenvalue weighted by Gasteiger charge is -2.19. The zero-order valence-electron chi connectivity index (χ0n) is 16.2. The van der Waals surface area contributed by atoms with Crippen LogP contribution < -0.4 is 20.3 Å². The van der Waals surface area contributed by atoms with Gasteiger partial charge in [0.2, 0.25) is 0 Å². The van der Waals surface area contributed by atoms with Gasteiger partial charge in [-0.1, -0.05) is 23.9 Å². The van der Waals surface area contributed by atoms with Gasteiger partial charge in [-0.05, 0) is 42.0 Å². The number of carbonyl (C=O) groups is 2. The minimum absolute atomic E-state index is 0.136. The molecule has 0 radical (unpaired) electrons. The maximum atomic E-state index is 12.5. The van der Waals surface area contributed by atoms with E-state index in [1.54, 1.807) is 19.2 Å². The lowest BCUT2D eigenvalue weighted by Crippen LogP contribution is -3.06. The van der Waals surface area contributed by atoms with Crippen molar-refractivity contribution < 1.29 is 19.2 Å². The Hall–Kier alpha value is -2.77. The molecular weight excluding hydrogens is 374 g/mol. The van der Waals surface area contributed by atoms with Crippen LogP contribution in [-0.4, -0.2) is 46.1 Å². The van der Waals surface area contributed by atoms with Crippen LogP contribution in [0.3, 0.4) is 0 Å². The quantitative estimate of drug-likeness (QED) is 0.647. The molecule has 3 N–H and O–H groups in total. The number of benzene rings is 2. The topological polar surface area (TPSA) is 71.9 Å². The highest BCUT2D eigenvalue weighted by Gasteiger charge is 2.22. The molecular formula is C21H24N3O3S+. The van der Waals surface area contributed by atoms with Gasteiger partial charge >= 0.3 is 0 Å². The third-order valence-electron chi connectivity index (χ3n) is 4.26.